The molecule has 2 heterocycles. The highest BCUT2D eigenvalue weighted by atomic mass is 16.3. The molecular weight excluding hydrogens is 352 g/mol. The third-order valence-electron chi connectivity index (χ3n) is 4.87. The molecule has 0 bridgehead atoms. The summed E-state index contributed by atoms with van der Waals surface area (Å²) >= 11 is 0. The van der Waals surface area contributed by atoms with Crippen LogP contribution >= 0.6 is 0 Å². The van der Waals surface area contributed by atoms with Crippen molar-refractivity contribution in [3.05, 3.63) is 70.3 Å². The lowest BCUT2D eigenvalue weighted by Gasteiger charge is -2.16. The molecule has 0 aliphatic heterocycles. The smallest absolute Gasteiger partial charge is 0.252 e. The number of nitrogens with one attached hydrogen (secondary N) is 1. The van der Waals surface area contributed by atoms with Gasteiger partial charge in [-0.25, -0.2) is 4.68 Å². The summed E-state index contributed by atoms with van der Waals surface area (Å²) < 4.78 is 1.87. The maximum absolute atomic E-state index is 11.8. The molecule has 28 heavy (non-hydrogen) atoms. The van der Waals surface area contributed by atoms with Gasteiger partial charge in [0.25, 0.3) is 5.56 Å². The third-order valence-corrected chi connectivity index (χ3v) is 4.87. The van der Waals surface area contributed by atoms with E-state index in [0.29, 0.717) is 10.9 Å². The summed E-state index contributed by atoms with van der Waals surface area (Å²) in [4.78, 5) is 16.7. The number of benzene rings is 2. The first-order chi connectivity index (χ1) is 13.3. The van der Waals surface area contributed by atoms with Crippen LogP contribution in [0.4, 0.5) is 5.69 Å². The number of aromatic hydroxyl groups is 1. The van der Waals surface area contributed by atoms with E-state index in [2.05, 4.69) is 34.3 Å². The Labute approximate surface area is 162 Å². The van der Waals surface area contributed by atoms with Crippen molar-refractivity contribution in [2.75, 3.05) is 19.0 Å². The van der Waals surface area contributed by atoms with Crippen LogP contribution in [0.5, 0.6) is 5.75 Å². The zero-order chi connectivity index (χ0) is 20.0. The molecule has 0 unspecified atom stereocenters. The number of hydrogen-bond acceptors (Lipinski definition) is 4. The second kappa shape index (κ2) is 6.56. The molecule has 0 saturated heterocycles. The van der Waals surface area contributed by atoms with Gasteiger partial charge < -0.3 is 15.0 Å². The van der Waals surface area contributed by atoms with Crippen LogP contribution in [0, 0.1) is 13.8 Å². The van der Waals surface area contributed by atoms with Crippen LogP contribution in [-0.2, 0) is 0 Å². The molecule has 0 aliphatic rings. The first-order valence-corrected chi connectivity index (χ1v) is 9.05. The summed E-state index contributed by atoms with van der Waals surface area (Å²) in [6.45, 7) is 3.94. The molecule has 4 aromatic rings. The van der Waals surface area contributed by atoms with Gasteiger partial charge in [0.05, 0.1) is 16.9 Å². The molecule has 4 rings (SSSR count). The molecule has 142 valence electrons. The average molecular weight is 374 g/mol. The molecule has 0 radical (unpaired) electrons. The lowest BCUT2D eigenvalue weighted by Crippen LogP contribution is -2.08. The summed E-state index contributed by atoms with van der Waals surface area (Å²) in [6.07, 6.45) is 0. The zero-order valence-electron chi connectivity index (χ0n) is 16.3. The predicted molar refractivity (Wildman–Crippen MR) is 113 cm³/mol. The van der Waals surface area contributed by atoms with E-state index in [1.807, 2.05) is 55.7 Å². The van der Waals surface area contributed by atoms with Crippen molar-refractivity contribution in [1.82, 2.24) is 14.8 Å². The van der Waals surface area contributed by atoms with E-state index in [0.717, 1.165) is 33.9 Å². The van der Waals surface area contributed by atoms with Crippen molar-refractivity contribution in [3.63, 3.8) is 0 Å². The molecule has 6 nitrogen and oxygen atoms in total. The van der Waals surface area contributed by atoms with E-state index in [4.69, 9.17) is 0 Å². The van der Waals surface area contributed by atoms with Gasteiger partial charge in [0, 0.05) is 42.5 Å². The Bertz CT molecular complexity index is 1230. The lowest BCUT2D eigenvalue weighted by molar-refractivity contribution is 0.480. The Morgan fingerprint density at radius 2 is 1.75 bits per heavy atom. The normalized spacial score (nSPS) is 11.1. The second-order valence-corrected chi connectivity index (χ2v) is 7.21. The second-order valence-electron chi connectivity index (χ2n) is 7.21. The van der Waals surface area contributed by atoms with E-state index in [-0.39, 0.29) is 11.3 Å². The molecule has 0 atom stereocenters. The number of fused-ring (bicyclic) bond motifs is 1. The van der Waals surface area contributed by atoms with Crippen LogP contribution in [0.2, 0.25) is 0 Å². The Kier molecular flexibility index (Phi) is 4.19. The van der Waals surface area contributed by atoms with Gasteiger partial charge >= 0.3 is 0 Å². The standard InChI is InChI=1S/C22H22N4O2/c1-13-9-14(2)26(24-13)20-11-19-18(21(27)12-22(28)23-19)10-17(20)15-5-7-16(8-6-15)25(3)4/h5-12H,1-4H3,(H2,23,27,28). The molecular formula is C22H22N4O2. The Morgan fingerprint density at radius 3 is 2.36 bits per heavy atom. The average Bonchev–Trinajstić information content (AvgIpc) is 2.98. The van der Waals surface area contributed by atoms with Crippen LogP contribution in [0.15, 0.2) is 53.3 Å². The van der Waals surface area contributed by atoms with Crippen molar-refractivity contribution >= 4 is 16.6 Å². The van der Waals surface area contributed by atoms with Gasteiger partial charge in [-0.15, -0.1) is 0 Å². The number of aryl methyl sites for hydroxylation is 2. The van der Waals surface area contributed by atoms with Crippen LogP contribution in [0.1, 0.15) is 11.4 Å². The minimum absolute atomic E-state index is 0.0372. The molecule has 0 fully saturated rings. The highest BCUT2D eigenvalue weighted by Gasteiger charge is 2.15. The zero-order valence-corrected chi connectivity index (χ0v) is 16.3. The molecule has 6 heteroatoms. The Balaban J connectivity index is 2.03. The summed E-state index contributed by atoms with van der Waals surface area (Å²) in [5.74, 6) is -0.0372. The quantitative estimate of drug-likeness (QED) is 0.572. The lowest BCUT2D eigenvalue weighted by atomic mass is 10.00. The number of nitrogens with zero attached hydrogens (tertiary/aromatic N) is 3. The summed E-state index contributed by atoms with van der Waals surface area (Å²) in [6, 6.07) is 15.2. The number of anilines is 1. The van der Waals surface area contributed by atoms with Crippen LogP contribution < -0.4 is 10.5 Å². The Morgan fingerprint density at radius 1 is 1.04 bits per heavy atom. The Hall–Kier alpha value is -3.54. The minimum Gasteiger partial charge on any atom is -0.507 e. The fourth-order valence-corrected chi connectivity index (χ4v) is 3.49. The maximum Gasteiger partial charge on any atom is 0.252 e. The number of aromatic amines is 1. The van der Waals surface area contributed by atoms with Crippen LogP contribution in [-0.4, -0.2) is 34.0 Å². The van der Waals surface area contributed by atoms with E-state index in [9.17, 15) is 9.90 Å². The van der Waals surface area contributed by atoms with Crippen molar-refractivity contribution in [2.24, 2.45) is 0 Å². The molecule has 0 aliphatic carbocycles. The third kappa shape index (κ3) is 3.03. The topological polar surface area (TPSA) is 74.2 Å². The van der Waals surface area contributed by atoms with Crippen molar-refractivity contribution in [3.8, 4) is 22.6 Å². The number of pyridine rings is 1. The van der Waals surface area contributed by atoms with Gasteiger partial charge in [0.15, 0.2) is 0 Å². The van der Waals surface area contributed by atoms with Gasteiger partial charge in [-0.2, -0.15) is 5.10 Å². The van der Waals surface area contributed by atoms with Crippen molar-refractivity contribution in [2.45, 2.75) is 13.8 Å². The van der Waals surface area contributed by atoms with Gasteiger partial charge in [0.1, 0.15) is 5.75 Å². The summed E-state index contributed by atoms with van der Waals surface area (Å²) in [5, 5.41) is 15.5. The largest absolute Gasteiger partial charge is 0.507 e. The molecule has 0 amide bonds. The fourth-order valence-electron chi connectivity index (χ4n) is 3.49. The summed E-state index contributed by atoms with van der Waals surface area (Å²) in [7, 11) is 4.00. The van der Waals surface area contributed by atoms with Crippen LogP contribution in [0.3, 0.4) is 0 Å². The predicted octanol–water partition coefficient (Wildman–Crippen LogP) is 3.77. The minimum atomic E-state index is -0.340. The van der Waals surface area contributed by atoms with E-state index in [1.165, 1.54) is 6.07 Å². The van der Waals surface area contributed by atoms with Gasteiger partial charge in [-0.05, 0) is 49.7 Å². The SMILES string of the molecule is Cc1cc(C)n(-c2cc3[nH]c(=O)cc(O)c3cc2-c2ccc(N(C)C)cc2)n1. The number of rotatable bonds is 3. The van der Waals surface area contributed by atoms with Crippen molar-refractivity contribution in [1.29, 1.82) is 0 Å². The van der Waals surface area contributed by atoms with E-state index >= 15 is 0 Å². The number of hydrogen-bond donors (Lipinski definition) is 2. The van der Waals surface area contributed by atoms with Gasteiger partial charge in [0.2, 0.25) is 0 Å². The number of H-pyrrole nitrogens is 1. The summed E-state index contributed by atoms with van der Waals surface area (Å²) in [5.41, 5.74) is 6.00. The highest BCUT2D eigenvalue weighted by molar-refractivity contribution is 5.93. The van der Waals surface area contributed by atoms with E-state index in [1.54, 1.807) is 0 Å². The van der Waals surface area contributed by atoms with Gasteiger partial charge in [-0.1, -0.05) is 12.1 Å². The van der Waals surface area contributed by atoms with E-state index < -0.39 is 0 Å². The van der Waals surface area contributed by atoms with Gasteiger partial charge in [-0.3, -0.25) is 4.79 Å². The molecule has 2 aromatic heterocycles. The van der Waals surface area contributed by atoms with Crippen molar-refractivity contribution < 1.29 is 5.11 Å². The first kappa shape index (κ1) is 17.9. The number of aromatic nitrogens is 3. The molecule has 2 aromatic carbocycles. The molecule has 0 saturated carbocycles. The molecule has 0 spiro atoms. The monoisotopic (exact) mass is 374 g/mol. The van der Waals surface area contributed by atoms with Crippen LogP contribution in [0.25, 0.3) is 27.7 Å². The molecule has 2 N–H and O–H groups in total. The first-order valence-electron chi connectivity index (χ1n) is 9.05. The fraction of sp³-hybridized carbons (Fsp3) is 0.182. The highest BCUT2D eigenvalue weighted by Crippen LogP contribution is 2.34. The maximum atomic E-state index is 11.8.